The number of nitrogens with one attached hydrogen (secondary N) is 1. The zero-order chi connectivity index (χ0) is 10.6. The van der Waals surface area contributed by atoms with Crippen molar-refractivity contribution in [2.75, 3.05) is 13.1 Å². The number of carbonyl (C=O) groups is 1. The molecular formula is C8H11Cl2N3O2. The van der Waals surface area contributed by atoms with Crippen molar-refractivity contribution in [2.45, 2.75) is 0 Å². The number of hydrogen-bond acceptors (Lipinski definition) is 4. The Morgan fingerprint density at radius 3 is 2.87 bits per heavy atom. The summed E-state index contributed by atoms with van der Waals surface area (Å²) in [6, 6.07) is 1.26. The van der Waals surface area contributed by atoms with E-state index in [0.29, 0.717) is 13.1 Å². The number of hydrogen-bond donors (Lipinski definition) is 3. The molecule has 15 heavy (non-hydrogen) atoms. The minimum Gasteiger partial charge on any atom is -0.505 e. The number of nitrogens with zero attached hydrogens (tertiary/aromatic N) is 1. The molecule has 0 aliphatic heterocycles. The van der Waals surface area contributed by atoms with Gasteiger partial charge in [0.1, 0.15) is 5.75 Å². The van der Waals surface area contributed by atoms with Crippen LogP contribution in [0.1, 0.15) is 10.5 Å². The first-order valence-electron chi connectivity index (χ1n) is 3.98. The lowest BCUT2D eigenvalue weighted by Crippen LogP contribution is -2.29. The molecule has 0 aliphatic carbocycles. The van der Waals surface area contributed by atoms with E-state index < -0.39 is 5.91 Å². The number of amides is 1. The van der Waals surface area contributed by atoms with Gasteiger partial charge in [0, 0.05) is 25.4 Å². The van der Waals surface area contributed by atoms with Crippen LogP contribution >= 0.6 is 24.0 Å². The van der Waals surface area contributed by atoms with Crippen molar-refractivity contribution in [3.8, 4) is 5.75 Å². The molecule has 7 heteroatoms. The SMILES string of the molecule is Cl.NCCNC(=O)c1ncc(Cl)cc1O. The highest BCUT2D eigenvalue weighted by atomic mass is 35.5. The van der Waals surface area contributed by atoms with Gasteiger partial charge in [-0.2, -0.15) is 0 Å². The quantitative estimate of drug-likeness (QED) is 0.733. The van der Waals surface area contributed by atoms with Gasteiger partial charge in [0.2, 0.25) is 0 Å². The van der Waals surface area contributed by atoms with Gasteiger partial charge < -0.3 is 16.2 Å². The van der Waals surface area contributed by atoms with E-state index in [-0.39, 0.29) is 28.9 Å². The second kappa shape index (κ2) is 6.44. The first kappa shape index (κ1) is 14.0. The zero-order valence-electron chi connectivity index (χ0n) is 7.74. The van der Waals surface area contributed by atoms with E-state index in [4.69, 9.17) is 17.3 Å². The number of carbonyl (C=O) groups excluding carboxylic acids is 1. The zero-order valence-corrected chi connectivity index (χ0v) is 9.31. The maximum absolute atomic E-state index is 11.3. The standard InChI is InChI=1S/C8H10ClN3O2.ClH/c9-5-3-6(13)7(12-4-5)8(14)11-2-1-10;/h3-4,13H,1-2,10H2,(H,11,14);1H. The van der Waals surface area contributed by atoms with E-state index in [0.717, 1.165) is 0 Å². The van der Waals surface area contributed by atoms with Gasteiger partial charge in [-0.3, -0.25) is 4.79 Å². The lowest BCUT2D eigenvalue weighted by atomic mass is 10.3. The summed E-state index contributed by atoms with van der Waals surface area (Å²) in [7, 11) is 0. The summed E-state index contributed by atoms with van der Waals surface area (Å²) in [6.07, 6.45) is 1.29. The van der Waals surface area contributed by atoms with Crippen molar-refractivity contribution in [3.63, 3.8) is 0 Å². The van der Waals surface area contributed by atoms with Crippen LogP contribution in [0.4, 0.5) is 0 Å². The molecule has 1 amide bonds. The Balaban J connectivity index is 0.00000196. The Morgan fingerprint density at radius 1 is 1.67 bits per heavy atom. The van der Waals surface area contributed by atoms with E-state index >= 15 is 0 Å². The van der Waals surface area contributed by atoms with Crippen LogP contribution in [0.25, 0.3) is 0 Å². The number of pyridine rings is 1. The van der Waals surface area contributed by atoms with E-state index in [1.54, 1.807) is 0 Å². The summed E-state index contributed by atoms with van der Waals surface area (Å²) >= 11 is 5.55. The van der Waals surface area contributed by atoms with Crippen molar-refractivity contribution in [1.82, 2.24) is 10.3 Å². The second-order valence-corrected chi connectivity index (χ2v) is 3.00. The summed E-state index contributed by atoms with van der Waals surface area (Å²) in [4.78, 5) is 15.0. The van der Waals surface area contributed by atoms with Crippen LogP contribution in [0.2, 0.25) is 5.02 Å². The Hall–Kier alpha value is -1.04. The predicted octanol–water partition coefficient (Wildman–Crippen LogP) is 0.551. The highest BCUT2D eigenvalue weighted by molar-refractivity contribution is 6.30. The maximum atomic E-state index is 11.3. The molecule has 0 unspecified atom stereocenters. The van der Waals surface area contributed by atoms with Gasteiger partial charge in [-0.05, 0) is 0 Å². The van der Waals surface area contributed by atoms with Gasteiger partial charge >= 0.3 is 0 Å². The number of aromatic nitrogens is 1. The summed E-state index contributed by atoms with van der Waals surface area (Å²) in [5, 5.41) is 12.1. The molecule has 0 saturated carbocycles. The minimum absolute atomic E-state index is 0. The van der Waals surface area contributed by atoms with Crippen LogP contribution in [0.3, 0.4) is 0 Å². The Morgan fingerprint density at radius 2 is 2.33 bits per heavy atom. The molecule has 1 aromatic heterocycles. The van der Waals surface area contributed by atoms with Crippen molar-refractivity contribution in [3.05, 3.63) is 23.0 Å². The fraction of sp³-hybridized carbons (Fsp3) is 0.250. The van der Waals surface area contributed by atoms with Crippen molar-refractivity contribution < 1.29 is 9.90 Å². The third kappa shape index (κ3) is 3.91. The average Bonchev–Trinajstić information content (AvgIpc) is 2.14. The molecule has 0 saturated heterocycles. The van der Waals surface area contributed by atoms with E-state index in [9.17, 15) is 9.90 Å². The normalized spacial score (nSPS) is 9.20. The van der Waals surface area contributed by atoms with Crippen molar-refractivity contribution >= 4 is 29.9 Å². The molecule has 0 atom stereocenters. The molecule has 0 aliphatic rings. The van der Waals surface area contributed by atoms with Crippen LogP contribution < -0.4 is 11.1 Å². The van der Waals surface area contributed by atoms with Gasteiger partial charge in [-0.25, -0.2) is 4.98 Å². The van der Waals surface area contributed by atoms with Gasteiger partial charge in [0.25, 0.3) is 5.91 Å². The number of rotatable bonds is 3. The lowest BCUT2D eigenvalue weighted by Gasteiger charge is -2.04. The molecule has 4 N–H and O–H groups in total. The molecule has 84 valence electrons. The van der Waals surface area contributed by atoms with Crippen LogP contribution in [-0.4, -0.2) is 29.1 Å². The van der Waals surface area contributed by atoms with Gasteiger partial charge in [0.15, 0.2) is 5.69 Å². The first-order valence-corrected chi connectivity index (χ1v) is 4.35. The van der Waals surface area contributed by atoms with E-state index in [2.05, 4.69) is 10.3 Å². The third-order valence-corrected chi connectivity index (χ3v) is 1.69. The molecule has 0 bridgehead atoms. The number of aromatic hydroxyl groups is 1. The van der Waals surface area contributed by atoms with Crippen LogP contribution in [-0.2, 0) is 0 Å². The Kier molecular flexibility index (Phi) is 6.00. The summed E-state index contributed by atoms with van der Waals surface area (Å²) in [5.74, 6) is -0.711. The molecular weight excluding hydrogens is 241 g/mol. The van der Waals surface area contributed by atoms with E-state index in [1.165, 1.54) is 12.3 Å². The molecule has 1 rings (SSSR count). The maximum Gasteiger partial charge on any atom is 0.273 e. The van der Waals surface area contributed by atoms with Crippen LogP contribution in [0.15, 0.2) is 12.3 Å². The lowest BCUT2D eigenvalue weighted by molar-refractivity contribution is 0.0947. The number of nitrogens with two attached hydrogens (primary N) is 1. The highest BCUT2D eigenvalue weighted by Crippen LogP contribution is 2.18. The second-order valence-electron chi connectivity index (χ2n) is 2.57. The molecule has 0 fully saturated rings. The summed E-state index contributed by atoms with van der Waals surface area (Å²) in [6.45, 7) is 0.669. The van der Waals surface area contributed by atoms with Crippen LogP contribution in [0, 0.1) is 0 Å². The predicted molar refractivity (Wildman–Crippen MR) is 59.5 cm³/mol. The molecule has 0 spiro atoms. The smallest absolute Gasteiger partial charge is 0.273 e. The molecule has 5 nitrogen and oxygen atoms in total. The average molecular weight is 252 g/mol. The third-order valence-electron chi connectivity index (χ3n) is 1.48. The fourth-order valence-corrected chi connectivity index (χ4v) is 1.03. The Bertz CT molecular complexity index is 347. The van der Waals surface area contributed by atoms with Crippen LogP contribution in [0.5, 0.6) is 5.75 Å². The molecule has 1 aromatic rings. The van der Waals surface area contributed by atoms with Gasteiger partial charge in [0.05, 0.1) is 5.02 Å². The highest BCUT2D eigenvalue weighted by Gasteiger charge is 2.11. The Labute approximate surface area is 98.0 Å². The van der Waals surface area contributed by atoms with Gasteiger partial charge in [-0.1, -0.05) is 11.6 Å². The van der Waals surface area contributed by atoms with Crippen molar-refractivity contribution in [1.29, 1.82) is 0 Å². The summed E-state index contributed by atoms with van der Waals surface area (Å²) in [5.41, 5.74) is 5.15. The monoisotopic (exact) mass is 251 g/mol. The van der Waals surface area contributed by atoms with Gasteiger partial charge in [-0.15, -0.1) is 12.4 Å². The largest absolute Gasteiger partial charge is 0.505 e. The number of halogens is 2. The fourth-order valence-electron chi connectivity index (χ4n) is 0.873. The topological polar surface area (TPSA) is 88.2 Å². The molecule has 0 aromatic carbocycles. The van der Waals surface area contributed by atoms with Crippen molar-refractivity contribution in [2.24, 2.45) is 5.73 Å². The molecule has 0 radical (unpaired) electrons. The molecule has 1 heterocycles. The minimum atomic E-state index is -0.468. The first-order chi connectivity index (χ1) is 6.65. The van der Waals surface area contributed by atoms with E-state index in [1.807, 2.05) is 0 Å². The summed E-state index contributed by atoms with van der Waals surface area (Å²) < 4.78 is 0.